The molecule has 0 spiro atoms. The Morgan fingerprint density at radius 2 is 1.71 bits per heavy atom. The van der Waals surface area contributed by atoms with Crippen LogP contribution in [0.2, 0.25) is 0 Å². The molecule has 0 aliphatic carbocycles. The molecule has 2 N–H and O–H groups in total. The van der Waals surface area contributed by atoms with Crippen LogP contribution in [0.3, 0.4) is 0 Å². The van der Waals surface area contributed by atoms with Gasteiger partial charge in [0.1, 0.15) is 5.75 Å². The molecular formula is C18H25NO5. The summed E-state index contributed by atoms with van der Waals surface area (Å²) in [7, 11) is 1.56. The van der Waals surface area contributed by atoms with Gasteiger partial charge in [-0.05, 0) is 51.0 Å². The van der Waals surface area contributed by atoms with E-state index in [4.69, 9.17) is 9.84 Å². The molecule has 0 aromatic heterocycles. The number of ether oxygens (including phenoxy) is 1. The fourth-order valence-corrected chi connectivity index (χ4v) is 2.25. The number of hydrogen-bond donors (Lipinski definition) is 2. The van der Waals surface area contributed by atoms with Crippen molar-refractivity contribution in [1.82, 2.24) is 5.32 Å². The first-order valence-electron chi connectivity index (χ1n) is 7.93. The zero-order valence-electron chi connectivity index (χ0n) is 14.4. The average Bonchev–Trinajstić information content (AvgIpc) is 2.52. The zero-order chi connectivity index (χ0) is 18.2. The quantitative estimate of drug-likeness (QED) is 0.641. The van der Waals surface area contributed by atoms with E-state index in [0.29, 0.717) is 24.2 Å². The minimum absolute atomic E-state index is 0.00321. The number of Topliss-reactive ketones (excluding diaryl/α,β-unsaturated/α-hetero) is 1. The number of hydrogen-bond acceptors (Lipinski definition) is 4. The van der Waals surface area contributed by atoms with E-state index in [1.165, 1.54) is 0 Å². The Kier molecular flexibility index (Phi) is 7.42. The molecule has 1 rings (SSSR count). The Morgan fingerprint density at radius 1 is 1.08 bits per heavy atom. The molecule has 1 aromatic rings. The van der Waals surface area contributed by atoms with E-state index < -0.39 is 11.5 Å². The van der Waals surface area contributed by atoms with Crippen LogP contribution in [0.1, 0.15) is 56.3 Å². The van der Waals surface area contributed by atoms with Crippen molar-refractivity contribution in [3.8, 4) is 5.75 Å². The van der Waals surface area contributed by atoms with E-state index in [0.717, 1.165) is 0 Å². The van der Waals surface area contributed by atoms with Crippen LogP contribution < -0.4 is 10.1 Å². The van der Waals surface area contributed by atoms with E-state index in [1.807, 2.05) is 0 Å². The second-order valence-corrected chi connectivity index (χ2v) is 6.33. The number of carbonyl (C=O) groups excluding carboxylic acids is 2. The monoisotopic (exact) mass is 335 g/mol. The number of benzene rings is 1. The molecule has 0 radical (unpaired) electrons. The van der Waals surface area contributed by atoms with E-state index in [-0.39, 0.29) is 31.0 Å². The van der Waals surface area contributed by atoms with Crippen molar-refractivity contribution in [2.24, 2.45) is 0 Å². The summed E-state index contributed by atoms with van der Waals surface area (Å²) in [6, 6.07) is 6.86. The van der Waals surface area contributed by atoms with Gasteiger partial charge in [-0.25, -0.2) is 0 Å². The molecule has 24 heavy (non-hydrogen) atoms. The standard InChI is InChI=1S/C18H25NO5/c1-18(2,12-11-17(22)23)19-16(21)6-4-5-15(20)13-7-9-14(24-3)10-8-13/h7-10H,4-6,11-12H2,1-3H3,(H,19,21)(H,22,23). The van der Waals surface area contributed by atoms with Gasteiger partial charge >= 0.3 is 5.97 Å². The summed E-state index contributed by atoms with van der Waals surface area (Å²) in [5.41, 5.74) is 0.0214. The molecule has 1 aromatic carbocycles. The predicted octanol–water partition coefficient (Wildman–Crippen LogP) is 2.81. The number of rotatable bonds is 10. The van der Waals surface area contributed by atoms with Crippen LogP contribution >= 0.6 is 0 Å². The van der Waals surface area contributed by atoms with Crippen LogP contribution in [-0.2, 0) is 9.59 Å². The first-order chi connectivity index (χ1) is 11.2. The Hall–Kier alpha value is -2.37. The molecule has 0 bridgehead atoms. The minimum atomic E-state index is -0.887. The molecule has 0 aliphatic rings. The highest BCUT2D eigenvalue weighted by Crippen LogP contribution is 2.15. The number of amides is 1. The fourth-order valence-electron chi connectivity index (χ4n) is 2.25. The van der Waals surface area contributed by atoms with Crippen LogP contribution in [0, 0.1) is 0 Å². The van der Waals surface area contributed by atoms with Gasteiger partial charge < -0.3 is 15.2 Å². The van der Waals surface area contributed by atoms with Crippen LogP contribution in [0.15, 0.2) is 24.3 Å². The van der Waals surface area contributed by atoms with Crippen molar-refractivity contribution >= 4 is 17.7 Å². The van der Waals surface area contributed by atoms with Crippen LogP contribution in [0.25, 0.3) is 0 Å². The number of carbonyl (C=O) groups is 3. The van der Waals surface area contributed by atoms with Gasteiger partial charge in [0.15, 0.2) is 5.78 Å². The molecule has 0 unspecified atom stereocenters. The lowest BCUT2D eigenvalue weighted by molar-refractivity contribution is -0.137. The van der Waals surface area contributed by atoms with E-state index in [2.05, 4.69) is 5.32 Å². The summed E-state index contributed by atoms with van der Waals surface area (Å²) in [4.78, 5) is 34.6. The summed E-state index contributed by atoms with van der Waals surface area (Å²) in [6.45, 7) is 3.58. The Morgan fingerprint density at radius 3 is 2.25 bits per heavy atom. The van der Waals surface area contributed by atoms with Crippen molar-refractivity contribution in [1.29, 1.82) is 0 Å². The van der Waals surface area contributed by atoms with Crippen LogP contribution in [0.4, 0.5) is 0 Å². The summed E-state index contributed by atoms with van der Waals surface area (Å²) in [5.74, 6) is -0.388. The second kappa shape index (κ2) is 9.05. The molecule has 0 aliphatic heterocycles. The predicted molar refractivity (Wildman–Crippen MR) is 90.3 cm³/mol. The highest BCUT2D eigenvalue weighted by molar-refractivity contribution is 5.96. The van der Waals surface area contributed by atoms with Gasteiger partial charge in [-0.3, -0.25) is 14.4 Å². The smallest absolute Gasteiger partial charge is 0.303 e. The summed E-state index contributed by atoms with van der Waals surface area (Å²) in [5, 5.41) is 11.5. The number of nitrogens with one attached hydrogen (secondary N) is 1. The molecule has 6 nitrogen and oxygen atoms in total. The average molecular weight is 335 g/mol. The van der Waals surface area contributed by atoms with E-state index in [1.54, 1.807) is 45.2 Å². The molecule has 0 fully saturated rings. The van der Waals surface area contributed by atoms with Gasteiger partial charge in [0.2, 0.25) is 5.91 Å². The lowest BCUT2D eigenvalue weighted by atomic mass is 9.98. The number of methoxy groups -OCH3 is 1. The van der Waals surface area contributed by atoms with Gasteiger partial charge in [0.25, 0.3) is 0 Å². The Labute approximate surface area is 142 Å². The summed E-state index contributed by atoms with van der Waals surface area (Å²) < 4.78 is 5.04. The van der Waals surface area contributed by atoms with Crippen molar-refractivity contribution in [2.45, 2.75) is 51.5 Å². The van der Waals surface area contributed by atoms with E-state index >= 15 is 0 Å². The SMILES string of the molecule is COc1ccc(C(=O)CCCC(=O)NC(C)(C)CCC(=O)O)cc1. The lowest BCUT2D eigenvalue weighted by Crippen LogP contribution is -2.43. The lowest BCUT2D eigenvalue weighted by Gasteiger charge is -2.25. The molecule has 1 amide bonds. The minimum Gasteiger partial charge on any atom is -0.497 e. The topological polar surface area (TPSA) is 92.7 Å². The highest BCUT2D eigenvalue weighted by atomic mass is 16.5. The fraction of sp³-hybridized carbons (Fsp3) is 0.500. The van der Waals surface area contributed by atoms with Crippen molar-refractivity contribution < 1.29 is 24.2 Å². The summed E-state index contributed by atoms with van der Waals surface area (Å²) >= 11 is 0. The van der Waals surface area contributed by atoms with Gasteiger partial charge in [0.05, 0.1) is 7.11 Å². The highest BCUT2D eigenvalue weighted by Gasteiger charge is 2.21. The molecule has 0 saturated heterocycles. The van der Waals surface area contributed by atoms with Crippen molar-refractivity contribution in [2.75, 3.05) is 7.11 Å². The molecular weight excluding hydrogens is 310 g/mol. The third-order valence-corrected chi connectivity index (χ3v) is 3.66. The van der Waals surface area contributed by atoms with Crippen molar-refractivity contribution in [3.63, 3.8) is 0 Å². The zero-order valence-corrected chi connectivity index (χ0v) is 14.4. The third kappa shape index (κ3) is 7.26. The normalized spacial score (nSPS) is 11.0. The molecule has 0 heterocycles. The van der Waals surface area contributed by atoms with Gasteiger partial charge in [-0.1, -0.05) is 0 Å². The molecule has 6 heteroatoms. The van der Waals surface area contributed by atoms with Crippen molar-refractivity contribution in [3.05, 3.63) is 29.8 Å². The molecule has 0 atom stereocenters. The first-order valence-corrected chi connectivity index (χ1v) is 7.93. The number of carboxylic acid groups (broad SMARTS) is 1. The maximum atomic E-state index is 12.1. The summed E-state index contributed by atoms with van der Waals surface area (Å²) in [6.07, 6.45) is 1.33. The van der Waals surface area contributed by atoms with Crippen LogP contribution in [-0.4, -0.2) is 35.4 Å². The maximum Gasteiger partial charge on any atom is 0.303 e. The molecule has 132 valence electrons. The maximum absolute atomic E-state index is 12.1. The Balaban J connectivity index is 2.36. The largest absolute Gasteiger partial charge is 0.497 e. The van der Waals surface area contributed by atoms with E-state index in [9.17, 15) is 14.4 Å². The second-order valence-electron chi connectivity index (χ2n) is 6.33. The number of ketones is 1. The third-order valence-electron chi connectivity index (χ3n) is 3.66. The molecule has 0 saturated carbocycles. The first kappa shape index (κ1) is 19.7. The van der Waals surface area contributed by atoms with Gasteiger partial charge in [-0.15, -0.1) is 0 Å². The van der Waals surface area contributed by atoms with Gasteiger partial charge in [0, 0.05) is 30.4 Å². The van der Waals surface area contributed by atoms with Gasteiger partial charge in [-0.2, -0.15) is 0 Å². The number of aliphatic carboxylic acids is 1. The van der Waals surface area contributed by atoms with Crippen LogP contribution in [0.5, 0.6) is 5.75 Å². The Bertz CT molecular complexity index is 578. The number of carboxylic acids is 1.